The van der Waals surface area contributed by atoms with Crippen LogP contribution < -0.4 is 15.8 Å². The molecule has 0 heterocycles. The zero-order valence-electron chi connectivity index (χ0n) is 13.5. The largest absolute Gasteiger partial charge is 0.492 e. The zero-order chi connectivity index (χ0) is 18.3. The molecular weight excluding hydrogens is 333 g/mol. The van der Waals surface area contributed by atoms with Crippen LogP contribution >= 0.6 is 0 Å². The number of ether oxygens (including phenoxy) is 1. The van der Waals surface area contributed by atoms with E-state index in [9.17, 15) is 18.3 Å². The molecule has 0 amide bonds. The predicted octanol–water partition coefficient (Wildman–Crippen LogP) is 2.56. The highest BCUT2D eigenvalue weighted by Crippen LogP contribution is 2.29. The molecule has 136 valence electrons. The summed E-state index contributed by atoms with van der Waals surface area (Å²) in [5.41, 5.74) is 5.65. The third kappa shape index (κ3) is 6.38. The summed E-state index contributed by atoms with van der Waals surface area (Å²) >= 11 is 0. The van der Waals surface area contributed by atoms with Crippen LogP contribution in [0.2, 0.25) is 0 Å². The quantitative estimate of drug-likeness (QED) is 0.682. The van der Waals surface area contributed by atoms with Gasteiger partial charge in [-0.2, -0.15) is 13.2 Å². The molecule has 0 fully saturated rings. The van der Waals surface area contributed by atoms with Gasteiger partial charge in [0, 0.05) is 13.1 Å². The molecule has 0 radical (unpaired) electrons. The van der Waals surface area contributed by atoms with Gasteiger partial charge < -0.3 is 20.9 Å². The molecule has 0 aliphatic rings. The molecule has 2 rings (SSSR count). The molecule has 2 aromatic carbocycles. The molecule has 0 aliphatic carbocycles. The van der Waals surface area contributed by atoms with E-state index in [1.54, 1.807) is 18.2 Å². The molecule has 2 aromatic rings. The lowest BCUT2D eigenvalue weighted by molar-refractivity contribution is -0.137. The average Bonchev–Trinajstić information content (AvgIpc) is 2.60. The topological polar surface area (TPSA) is 67.5 Å². The van der Waals surface area contributed by atoms with Crippen LogP contribution in [0.1, 0.15) is 11.1 Å². The summed E-state index contributed by atoms with van der Waals surface area (Å²) in [6.45, 7) is 0.485. The van der Waals surface area contributed by atoms with Gasteiger partial charge in [0.15, 0.2) is 0 Å². The highest BCUT2D eigenvalue weighted by Gasteiger charge is 2.30. The number of rotatable bonds is 8. The van der Waals surface area contributed by atoms with Crippen molar-refractivity contribution in [3.8, 4) is 5.75 Å². The first-order valence-corrected chi connectivity index (χ1v) is 7.84. The molecule has 0 bridgehead atoms. The van der Waals surface area contributed by atoms with E-state index in [4.69, 9.17) is 10.5 Å². The first-order chi connectivity index (χ1) is 11.9. The Bertz CT molecular complexity index is 650. The van der Waals surface area contributed by atoms with Crippen molar-refractivity contribution in [2.45, 2.75) is 24.9 Å². The minimum absolute atomic E-state index is 0.135. The summed E-state index contributed by atoms with van der Waals surface area (Å²) in [5.74, 6) is 0.655. The van der Waals surface area contributed by atoms with E-state index in [1.165, 1.54) is 6.07 Å². The van der Waals surface area contributed by atoms with E-state index < -0.39 is 23.9 Å². The molecule has 0 aromatic heterocycles. The maximum atomic E-state index is 12.7. The van der Waals surface area contributed by atoms with Crippen LogP contribution in [0.3, 0.4) is 0 Å². The fourth-order valence-corrected chi connectivity index (χ4v) is 2.19. The molecule has 0 saturated carbocycles. The van der Waals surface area contributed by atoms with Crippen molar-refractivity contribution in [1.29, 1.82) is 0 Å². The first-order valence-electron chi connectivity index (χ1n) is 7.84. The maximum absolute atomic E-state index is 12.7. The fourth-order valence-electron chi connectivity index (χ4n) is 2.19. The second-order valence-corrected chi connectivity index (χ2v) is 5.68. The summed E-state index contributed by atoms with van der Waals surface area (Å²) in [7, 11) is 0. The summed E-state index contributed by atoms with van der Waals surface area (Å²) in [5, 5.41) is 12.9. The number of hydrogen-bond donors (Lipinski definition) is 3. The lowest BCUT2D eigenvalue weighted by Gasteiger charge is -2.20. The highest BCUT2D eigenvalue weighted by atomic mass is 19.4. The monoisotopic (exact) mass is 354 g/mol. The zero-order valence-corrected chi connectivity index (χ0v) is 13.5. The van der Waals surface area contributed by atoms with Crippen molar-refractivity contribution < 1.29 is 23.0 Å². The smallest absolute Gasteiger partial charge is 0.416 e. The van der Waals surface area contributed by atoms with Crippen molar-refractivity contribution in [1.82, 2.24) is 5.32 Å². The Labute approximate surface area is 144 Å². The number of halogens is 3. The number of aliphatic hydroxyl groups is 1. The number of nitrogens with one attached hydrogen (secondary N) is 1. The van der Waals surface area contributed by atoms with Crippen LogP contribution in [0.4, 0.5) is 13.2 Å². The van der Waals surface area contributed by atoms with Crippen LogP contribution in [-0.2, 0) is 12.7 Å². The van der Waals surface area contributed by atoms with Gasteiger partial charge >= 0.3 is 6.18 Å². The van der Waals surface area contributed by atoms with Gasteiger partial charge in [0.25, 0.3) is 0 Å². The molecule has 4 nitrogen and oxygen atoms in total. The van der Waals surface area contributed by atoms with Gasteiger partial charge in [0.05, 0.1) is 17.7 Å². The first kappa shape index (κ1) is 19.2. The van der Waals surface area contributed by atoms with Crippen LogP contribution in [0.25, 0.3) is 0 Å². The van der Waals surface area contributed by atoms with Gasteiger partial charge in [-0.1, -0.05) is 36.4 Å². The Morgan fingerprint density at radius 3 is 2.48 bits per heavy atom. The minimum atomic E-state index is -4.37. The van der Waals surface area contributed by atoms with Gasteiger partial charge in [0.2, 0.25) is 0 Å². The molecule has 7 heteroatoms. The average molecular weight is 354 g/mol. The molecule has 0 saturated heterocycles. The van der Waals surface area contributed by atoms with Gasteiger partial charge in [-0.3, -0.25) is 0 Å². The molecule has 0 aliphatic heterocycles. The van der Waals surface area contributed by atoms with Crippen molar-refractivity contribution in [3.63, 3.8) is 0 Å². The predicted molar refractivity (Wildman–Crippen MR) is 89.1 cm³/mol. The summed E-state index contributed by atoms with van der Waals surface area (Å²) in [6.07, 6.45) is -5.25. The SMILES string of the molecule is NC(COc1ccccc1)C(O)CNCc1cccc(C(F)(F)F)c1. The molecular formula is C18H21F3N2O2. The number of hydrogen-bond acceptors (Lipinski definition) is 4. The van der Waals surface area contributed by atoms with Gasteiger partial charge in [-0.05, 0) is 23.8 Å². The van der Waals surface area contributed by atoms with Crippen LogP contribution in [0, 0.1) is 0 Å². The van der Waals surface area contributed by atoms with Crippen molar-refractivity contribution in [2.24, 2.45) is 5.73 Å². The minimum Gasteiger partial charge on any atom is -0.492 e. The van der Waals surface area contributed by atoms with Crippen molar-refractivity contribution >= 4 is 0 Å². The number of alkyl halides is 3. The molecule has 25 heavy (non-hydrogen) atoms. The normalized spacial score (nSPS) is 14.1. The third-order valence-corrected chi connectivity index (χ3v) is 3.62. The highest BCUT2D eigenvalue weighted by molar-refractivity contribution is 5.25. The van der Waals surface area contributed by atoms with E-state index in [1.807, 2.05) is 18.2 Å². The maximum Gasteiger partial charge on any atom is 0.416 e. The van der Waals surface area contributed by atoms with Crippen LogP contribution in [-0.4, -0.2) is 30.4 Å². The lowest BCUT2D eigenvalue weighted by atomic mass is 10.1. The Hall–Kier alpha value is -2.09. The number of para-hydroxylation sites is 1. The van der Waals surface area contributed by atoms with E-state index in [-0.39, 0.29) is 19.7 Å². The Balaban J connectivity index is 1.75. The van der Waals surface area contributed by atoms with E-state index >= 15 is 0 Å². The van der Waals surface area contributed by atoms with Crippen LogP contribution in [0.5, 0.6) is 5.75 Å². The Kier molecular flexibility index (Phi) is 6.81. The van der Waals surface area contributed by atoms with Crippen LogP contribution in [0.15, 0.2) is 54.6 Å². The van der Waals surface area contributed by atoms with E-state index in [0.717, 1.165) is 12.1 Å². The molecule has 4 N–H and O–H groups in total. The van der Waals surface area contributed by atoms with Gasteiger partial charge in [-0.25, -0.2) is 0 Å². The Morgan fingerprint density at radius 2 is 1.80 bits per heavy atom. The standard InChI is InChI=1S/C18H21F3N2O2/c19-18(20,21)14-6-4-5-13(9-14)10-23-11-17(24)16(22)12-25-15-7-2-1-3-8-15/h1-9,16-17,23-24H,10-12,22H2. The fraction of sp³-hybridized carbons (Fsp3) is 0.333. The van der Waals surface area contributed by atoms with Crippen molar-refractivity contribution in [2.75, 3.05) is 13.2 Å². The second-order valence-electron chi connectivity index (χ2n) is 5.68. The number of aliphatic hydroxyl groups excluding tert-OH is 1. The molecule has 2 atom stereocenters. The summed E-state index contributed by atoms with van der Waals surface area (Å²) in [4.78, 5) is 0. The van der Waals surface area contributed by atoms with Gasteiger partial charge in [-0.15, -0.1) is 0 Å². The number of nitrogens with two attached hydrogens (primary N) is 1. The lowest BCUT2D eigenvalue weighted by Crippen LogP contribution is -2.45. The molecule has 2 unspecified atom stereocenters. The third-order valence-electron chi connectivity index (χ3n) is 3.62. The van der Waals surface area contributed by atoms with E-state index in [2.05, 4.69) is 5.32 Å². The Morgan fingerprint density at radius 1 is 1.08 bits per heavy atom. The number of benzene rings is 2. The second kappa shape index (κ2) is 8.84. The van der Waals surface area contributed by atoms with E-state index in [0.29, 0.717) is 11.3 Å². The summed E-state index contributed by atoms with van der Waals surface area (Å²) in [6, 6.07) is 13.5. The molecule has 0 spiro atoms. The summed E-state index contributed by atoms with van der Waals surface area (Å²) < 4.78 is 43.4. The van der Waals surface area contributed by atoms with Crippen molar-refractivity contribution in [3.05, 3.63) is 65.7 Å². The van der Waals surface area contributed by atoms with Gasteiger partial charge in [0.1, 0.15) is 12.4 Å².